The number of hydrazine groups is 1. The Labute approximate surface area is 81.3 Å². The smallest absolute Gasteiger partial charge is 0.0738 e. The molecule has 0 aromatic rings. The van der Waals surface area contributed by atoms with Gasteiger partial charge in [0.1, 0.15) is 0 Å². The number of nitrogens with two attached hydrogens (primary N) is 1. The summed E-state index contributed by atoms with van der Waals surface area (Å²) in [6.45, 7) is 8.15. The van der Waals surface area contributed by atoms with Gasteiger partial charge >= 0.3 is 0 Å². The van der Waals surface area contributed by atoms with Crippen LogP contribution in [0.25, 0.3) is 0 Å². The molecule has 0 amide bonds. The van der Waals surface area contributed by atoms with Gasteiger partial charge in [-0.2, -0.15) is 0 Å². The van der Waals surface area contributed by atoms with Crippen molar-refractivity contribution in [3.8, 4) is 0 Å². The Bertz CT molecular complexity index is 144. The number of rotatable bonds is 7. The summed E-state index contributed by atoms with van der Waals surface area (Å²) in [5.74, 6) is 5.46. The van der Waals surface area contributed by atoms with E-state index in [1.54, 1.807) is 7.11 Å². The van der Waals surface area contributed by atoms with Crippen LogP contribution in [0.4, 0.5) is 0 Å². The summed E-state index contributed by atoms with van der Waals surface area (Å²) in [5.41, 5.74) is 3.99. The van der Waals surface area contributed by atoms with Gasteiger partial charge in [-0.25, -0.2) is 0 Å². The van der Waals surface area contributed by atoms with E-state index in [-0.39, 0.29) is 12.1 Å². The first-order chi connectivity index (χ1) is 6.19. The maximum absolute atomic E-state index is 5.46. The van der Waals surface area contributed by atoms with E-state index in [4.69, 9.17) is 10.6 Å². The molecule has 0 aromatic carbocycles. The van der Waals surface area contributed by atoms with Gasteiger partial charge in [0.2, 0.25) is 0 Å². The molecule has 3 heteroatoms. The van der Waals surface area contributed by atoms with E-state index in [0.29, 0.717) is 0 Å². The van der Waals surface area contributed by atoms with Crippen LogP contribution in [0.5, 0.6) is 0 Å². The SMILES string of the molecule is C=C(CC)CC(NN)C(CC)OC. The lowest BCUT2D eigenvalue weighted by molar-refractivity contribution is 0.0652. The van der Waals surface area contributed by atoms with E-state index in [9.17, 15) is 0 Å². The van der Waals surface area contributed by atoms with Crippen LogP contribution in [-0.2, 0) is 4.74 Å². The van der Waals surface area contributed by atoms with E-state index in [2.05, 4.69) is 25.9 Å². The highest BCUT2D eigenvalue weighted by atomic mass is 16.5. The highest BCUT2D eigenvalue weighted by molar-refractivity contribution is 4.97. The first-order valence-corrected chi connectivity index (χ1v) is 4.85. The number of nitrogens with one attached hydrogen (secondary N) is 1. The first-order valence-electron chi connectivity index (χ1n) is 4.85. The fourth-order valence-electron chi connectivity index (χ4n) is 1.37. The van der Waals surface area contributed by atoms with Gasteiger partial charge in [-0.1, -0.05) is 26.0 Å². The molecule has 2 unspecified atom stereocenters. The summed E-state index contributed by atoms with van der Waals surface area (Å²) < 4.78 is 5.31. The molecule has 0 saturated heterocycles. The van der Waals surface area contributed by atoms with Gasteiger partial charge in [0.15, 0.2) is 0 Å². The molecule has 2 atom stereocenters. The van der Waals surface area contributed by atoms with E-state index >= 15 is 0 Å². The van der Waals surface area contributed by atoms with Crippen LogP contribution >= 0.6 is 0 Å². The summed E-state index contributed by atoms with van der Waals surface area (Å²) in [6, 6.07) is 0.183. The van der Waals surface area contributed by atoms with Crippen molar-refractivity contribution in [1.29, 1.82) is 0 Å². The van der Waals surface area contributed by atoms with Crippen LogP contribution in [0.3, 0.4) is 0 Å². The van der Waals surface area contributed by atoms with E-state index in [0.717, 1.165) is 19.3 Å². The lowest BCUT2D eigenvalue weighted by Gasteiger charge is -2.24. The van der Waals surface area contributed by atoms with Crippen LogP contribution in [0.2, 0.25) is 0 Å². The van der Waals surface area contributed by atoms with Crippen LogP contribution in [0.1, 0.15) is 33.1 Å². The third kappa shape index (κ3) is 4.41. The molecule has 0 aliphatic rings. The fourth-order valence-corrected chi connectivity index (χ4v) is 1.37. The zero-order chi connectivity index (χ0) is 10.3. The Kier molecular flexibility index (Phi) is 6.86. The second-order valence-corrected chi connectivity index (χ2v) is 3.26. The second-order valence-electron chi connectivity index (χ2n) is 3.26. The van der Waals surface area contributed by atoms with Gasteiger partial charge in [-0.3, -0.25) is 11.3 Å². The standard InChI is InChI=1S/C10H22N2O/c1-5-8(3)7-9(12-11)10(6-2)13-4/h9-10,12H,3,5-7,11H2,1-2,4H3. The normalized spacial score (nSPS) is 15.4. The molecule has 0 aliphatic heterocycles. The molecular formula is C10H22N2O. The number of ether oxygens (including phenoxy) is 1. The van der Waals surface area contributed by atoms with Gasteiger partial charge in [0.05, 0.1) is 12.1 Å². The van der Waals surface area contributed by atoms with Crippen molar-refractivity contribution in [2.45, 2.75) is 45.3 Å². The molecule has 0 heterocycles. The highest BCUT2D eigenvalue weighted by Gasteiger charge is 2.18. The van der Waals surface area contributed by atoms with Gasteiger partial charge in [0.25, 0.3) is 0 Å². The third-order valence-corrected chi connectivity index (χ3v) is 2.38. The zero-order valence-corrected chi connectivity index (χ0v) is 8.97. The number of hydrogen-bond donors (Lipinski definition) is 2. The lowest BCUT2D eigenvalue weighted by atomic mass is 10.00. The van der Waals surface area contributed by atoms with Gasteiger partial charge < -0.3 is 4.74 Å². The Morgan fingerprint density at radius 1 is 1.54 bits per heavy atom. The van der Waals surface area contributed by atoms with Crippen LogP contribution < -0.4 is 11.3 Å². The fraction of sp³-hybridized carbons (Fsp3) is 0.800. The molecule has 0 rings (SSSR count). The molecule has 0 bridgehead atoms. The summed E-state index contributed by atoms with van der Waals surface area (Å²) >= 11 is 0. The minimum Gasteiger partial charge on any atom is -0.380 e. The highest BCUT2D eigenvalue weighted by Crippen LogP contribution is 2.13. The molecule has 3 N–H and O–H groups in total. The molecule has 0 radical (unpaired) electrons. The molecular weight excluding hydrogens is 164 g/mol. The summed E-state index contributed by atoms with van der Waals surface area (Å²) in [6.07, 6.45) is 3.02. The van der Waals surface area contributed by atoms with Gasteiger partial charge in [-0.05, 0) is 19.3 Å². The largest absolute Gasteiger partial charge is 0.380 e. The molecule has 0 spiro atoms. The van der Waals surface area contributed by atoms with Crippen LogP contribution in [0.15, 0.2) is 12.2 Å². The predicted molar refractivity (Wildman–Crippen MR) is 56.2 cm³/mol. The summed E-state index contributed by atoms with van der Waals surface area (Å²) in [7, 11) is 1.72. The maximum Gasteiger partial charge on any atom is 0.0738 e. The van der Waals surface area contributed by atoms with Crippen molar-refractivity contribution in [3.63, 3.8) is 0 Å². The number of hydrogen-bond acceptors (Lipinski definition) is 3. The van der Waals surface area contributed by atoms with Crippen molar-refractivity contribution in [3.05, 3.63) is 12.2 Å². The lowest BCUT2D eigenvalue weighted by Crippen LogP contribution is -2.44. The monoisotopic (exact) mass is 186 g/mol. The second kappa shape index (κ2) is 7.06. The minimum absolute atomic E-state index is 0.174. The Morgan fingerprint density at radius 2 is 2.15 bits per heavy atom. The Hall–Kier alpha value is -0.380. The topological polar surface area (TPSA) is 47.3 Å². The van der Waals surface area contributed by atoms with Crippen molar-refractivity contribution >= 4 is 0 Å². The maximum atomic E-state index is 5.46. The van der Waals surface area contributed by atoms with Gasteiger partial charge in [-0.15, -0.1) is 0 Å². The van der Waals surface area contributed by atoms with Crippen LogP contribution in [0, 0.1) is 0 Å². The average molecular weight is 186 g/mol. The average Bonchev–Trinajstić information content (AvgIpc) is 2.17. The van der Waals surface area contributed by atoms with Crippen molar-refractivity contribution in [2.24, 2.45) is 5.84 Å². The Balaban J connectivity index is 4.06. The van der Waals surface area contributed by atoms with E-state index in [1.807, 2.05) is 0 Å². The molecule has 0 fully saturated rings. The number of methoxy groups -OCH3 is 1. The first kappa shape index (κ1) is 12.6. The Morgan fingerprint density at radius 3 is 2.46 bits per heavy atom. The van der Waals surface area contributed by atoms with Gasteiger partial charge in [0, 0.05) is 7.11 Å². The van der Waals surface area contributed by atoms with E-state index in [1.165, 1.54) is 5.57 Å². The molecule has 3 nitrogen and oxygen atoms in total. The zero-order valence-electron chi connectivity index (χ0n) is 8.97. The minimum atomic E-state index is 0.174. The molecule has 0 saturated carbocycles. The molecule has 78 valence electrons. The van der Waals surface area contributed by atoms with Crippen molar-refractivity contribution in [1.82, 2.24) is 5.43 Å². The molecule has 13 heavy (non-hydrogen) atoms. The van der Waals surface area contributed by atoms with Crippen LogP contribution in [-0.4, -0.2) is 19.3 Å². The summed E-state index contributed by atoms with van der Waals surface area (Å²) in [5, 5.41) is 0. The third-order valence-electron chi connectivity index (χ3n) is 2.38. The van der Waals surface area contributed by atoms with E-state index < -0.39 is 0 Å². The summed E-state index contributed by atoms with van der Waals surface area (Å²) in [4.78, 5) is 0. The molecule has 0 aromatic heterocycles. The quantitative estimate of drug-likeness (QED) is 0.361. The predicted octanol–water partition coefficient (Wildman–Crippen LogP) is 1.60. The van der Waals surface area contributed by atoms with Crippen molar-refractivity contribution < 1.29 is 4.74 Å². The molecule has 0 aliphatic carbocycles. The van der Waals surface area contributed by atoms with Crippen molar-refractivity contribution in [2.75, 3.05) is 7.11 Å².